The first kappa shape index (κ1) is 13.6. The molecule has 90 valence electrons. The lowest BCUT2D eigenvalue weighted by atomic mass is 9.90. The van der Waals surface area contributed by atoms with E-state index in [-0.39, 0.29) is 12.4 Å². The second kappa shape index (κ2) is 6.33. The zero-order valence-electron chi connectivity index (χ0n) is 9.33. The van der Waals surface area contributed by atoms with E-state index in [1.165, 1.54) is 18.4 Å². The molecular weight excluding hydrogens is 245 g/mol. The highest BCUT2D eigenvalue weighted by Crippen LogP contribution is 2.30. The molecule has 0 unspecified atom stereocenters. The Kier molecular flexibility index (Phi) is 5.39. The molecule has 1 heterocycles. The zero-order chi connectivity index (χ0) is 10.7. The standard InChI is InChI=1S/C12H16ClNO.ClH/c1-15-12-7-10(6-11(13)8-12)9-2-4-14-5-3-9;/h6-9,14H,2-5H2,1H3;1H. The summed E-state index contributed by atoms with van der Waals surface area (Å²) in [6, 6.07) is 6.01. The SMILES string of the molecule is COc1cc(Cl)cc(C2CCNCC2)c1.Cl. The largest absolute Gasteiger partial charge is 0.497 e. The summed E-state index contributed by atoms with van der Waals surface area (Å²) in [5, 5.41) is 4.13. The maximum atomic E-state index is 6.05. The van der Waals surface area contributed by atoms with E-state index in [0.29, 0.717) is 5.92 Å². The molecule has 1 aliphatic heterocycles. The Labute approximate surface area is 108 Å². The van der Waals surface area contributed by atoms with Crippen LogP contribution in [-0.4, -0.2) is 20.2 Å². The molecule has 1 aliphatic rings. The average Bonchev–Trinajstić information content (AvgIpc) is 2.29. The van der Waals surface area contributed by atoms with Gasteiger partial charge in [0.1, 0.15) is 5.75 Å². The number of methoxy groups -OCH3 is 1. The molecule has 2 nitrogen and oxygen atoms in total. The number of nitrogens with one attached hydrogen (secondary N) is 1. The Morgan fingerprint density at radius 3 is 2.56 bits per heavy atom. The van der Waals surface area contributed by atoms with E-state index in [0.717, 1.165) is 23.9 Å². The molecule has 0 amide bonds. The van der Waals surface area contributed by atoms with E-state index in [2.05, 4.69) is 17.4 Å². The quantitative estimate of drug-likeness (QED) is 0.883. The van der Waals surface area contributed by atoms with Gasteiger partial charge in [-0.3, -0.25) is 0 Å². The molecule has 0 bridgehead atoms. The summed E-state index contributed by atoms with van der Waals surface area (Å²) < 4.78 is 5.23. The number of ether oxygens (including phenoxy) is 1. The lowest BCUT2D eigenvalue weighted by molar-refractivity contribution is 0.411. The molecule has 1 fully saturated rings. The van der Waals surface area contributed by atoms with E-state index in [1.54, 1.807) is 7.11 Å². The first-order chi connectivity index (χ1) is 7.29. The fourth-order valence-corrected chi connectivity index (χ4v) is 2.33. The van der Waals surface area contributed by atoms with Crippen molar-refractivity contribution in [1.82, 2.24) is 5.32 Å². The summed E-state index contributed by atoms with van der Waals surface area (Å²) in [5.74, 6) is 1.48. The normalized spacial score (nSPS) is 16.6. The fourth-order valence-electron chi connectivity index (χ4n) is 2.09. The summed E-state index contributed by atoms with van der Waals surface area (Å²) >= 11 is 6.05. The fraction of sp³-hybridized carbons (Fsp3) is 0.500. The molecule has 1 aromatic rings. The molecule has 0 radical (unpaired) electrons. The highest BCUT2D eigenvalue weighted by atomic mass is 35.5. The highest BCUT2D eigenvalue weighted by Gasteiger charge is 2.16. The minimum absolute atomic E-state index is 0. The van der Waals surface area contributed by atoms with Crippen molar-refractivity contribution in [3.05, 3.63) is 28.8 Å². The van der Waals surface area contributed by atoms with Gasteiger partial charge in [0.2, 0.25) is 0 Å². The van der Waals surface area contributed by atoms with Gasteiger partial charge in [0.25, 0.3) is 0 Å². The molecule has 0 aliphatic carbocycles. The summed E-state index contributed by atoms with van der Waals surface area (Å²) in [4.78, 5) is 0. The van der Waals surface area contributed by atoms with Crippen LogP contribution in [0.2, 0.25) is 5.02 Å². The maximum Gasteiger partial charge on any atom is 0.120 e. The molecule has 16 heavy (non-hydrogen) atoms. The Bertz CT molecular complexity index is 338. The van der Waals surface area contributed by atoms with Crippen molar-refractivity contribution in [2.24, 2.45) is 0 Å². The molecule has 2 rings (SSSR count). The van der Waals surface area contributed by atoms with E-state index >= 15 is 0 Å². The second-order valence-electron chi connectivity index (χ2n) is 3.95. The predicted octanol–water partition coefficient (Wildman–Crippen LogP) is 3.24. The Balaban J connectivity index is 0.00000128. The Morgan fingerprint density at radius 2 is 1.94 bits per heavy atom. The highest BCUT2D eigenvalue weighted by molar-refractivity contribution is 6.30. The summed E-state index contributed by atoms with van der Waals surface area (Å²) in [5.41, 5.74) is 1.31. The van der Waals surface area contributed by atoms with Gasteiger partial charge in [-0.15, -0.1) is 12.4 Å². The Morgan fingerprint density at radius 1 is 1.25 bits per heavy atom. The van der Waals surface area contributed by atoms with Crippen LogP contribution in [0.3, 0.4) is 0 Å². The van der Waals surface area contributed by atoms with Crippen LogP contribution in [0.1, 0.15) is 24.3 Å². The third-order valence-electron chi connectivity index (χ3n) is 2.94. The first-order valence-electron chi connectivity index (χ1n) is 5.35. The summed E-state index contributed by atoms with van der Waals surface area (Å²) in [6.07, 6.45) is 2.37. The minimum Gasteiger partial charge on any atom is -0.497 e. The molecule has 1 saturated heterocycles. The molecule has 1 aromatic carbocycles. The van der Waals surface area contributed by atoms with Crippen LogP contribution in [0, 0.1) is 0 Å². The molecular formula is C12H17Cl2NO. The van der Waals surface area contributed by atoms with Gasteiger partial charge in [-0.25, -0.2) is 0 Å². The van der Waals surface area contributed by atoms with Crippen LogP contribution < -0.4 is 10.1 Å². The molecule has 0 saturated carbocycles. The Hall–Kier alpha value is -0.440. The van der Waals surface area contributed by atoms with Gasteiger partial charge in [0.05, 0.1) is 7.11 Å². The van der Waals surface area contributed by atoms with Crippen LogP contribution in [0.15, 0.2) is 18.2 Å². The average molecular weight is 262 g/mol. The van der Waals surface area contributed by atoms with Gasteiger partial charge in [0, 0.05) is 5.02 Å². The molecule has 1 N–H and O–H groups in total. The molecule has 0 atom stereocenters. The number of hydrogen-bond donors (Lipinski definition) is 1. The molecule has 0 aromatic heterocycles. The maximum absolute atomic E-state index is 6.05. The third kappa shape index (κ3) is 3.27. The van der Waals surface area contributed by atoms with Crippen LogP contribution in [0.25, 0.3) is 0 Å². The van der Waals surface area contributed by atoms with Crippen molar-refractivity contribution in [2.75, 3.05) is 20.2 Å². The minimum atomic E-state index is 0. The van der Waals surface area contributed by atoms with Gasteiger partial charge in [-0.1, -0.05) is 11.6 Å². The molecule has 0 spiro atoms. The van der Waals surface area contributed by atoms with Gasteiger partial charge < -0.3 is 10.1 Å². The van der Waals surface area contributed by atoms with Crippen LogP contribution >= 0.6 is 24.0 Å². The van der Waals surface area contributed by atoms with Gasteiger partial charge in [-0.05, 0) is 55.6 Å². The van der Waals surface area contributed by atoms with Crippen LogP contribution in [-0.2, 0) is 0 Å². The smallest absolute Gasteiger partial charge is 0.120 e. The van der Waals surface area contributed by atoms with Crippen molar-refractivity contribution in [2.45, 2.75) is 18.8 Å². The summed E-state index contributed by atoms with van der Waals surface area (Å²) in [6.45, 7) is 2.19. The zero-order valence-corrected chi connectivity index (χ0v) is 10.9. The predicted molar refractivity (Wildman–Crippen MR) is 70.1 cm³/mol. The van der Waals surface area contributed by atoms with E-state index < -0.39 is 0 Å². The number of rotatable bonds is 2. The first-order valence-corrected chi connectivity index (χ1v) is 5.72. The second-order valence-corrected chi connectivity index (χ2v) is 4.39. The van der Waals surface area contributed by atoms with Crippen molar-refractivity contribution >= 4 is 24.0 Å². The van der Waals surface area contributed by atoms with Crippen molar-refractivity contribution in [1.29, 1.82) is 0 Å². The topological polar surface area (TPSA) is 21.3 Å². The molecule has 4 heteroatoms. The van der Waals surface area contributed by atoms with Gasteiger partial charge in [0.15, 0.2) is 0 Å². The number of piperidine rings is 1. The lowest BCUT2D eigenvalue weighted by Crippen LogP contribution is -2.26. The number of benzene rings is 1. The van der Waals surface area contributed by atoms with E-state index in [9.17, 15) is 0 Å². The van der Waals surface area contributed by atoms with Gasteiger partial charge >= 0.3 is 0 Å². The van der Waals surface area contributed by atoms with E-state index in [1.807, 2.05) is 6.07 Å². The number of halogens is 2. The van der Waals surface area contributed by atoms with E-state index in [4.69, 9.17) is 16.3 Å². The van der Waals surface area contributed by atoms with Crippen LogP contribution in [0.4, 0.5) is 0 Å². The number of hydrogen-bond acceptors (Lipinski definition) is 2. The van der Waals surface area contributed by atoms with Crippen molar-refractivity contribution < 1.29 is 4.74 Å². The monoisotopic (exact) mass is 261 g/mol. The summed E-state index contributed by atoms with van der Waals surface area (Å²) in [7, 11) is 1.68. The third-order valence-corrected chi connectivity index (χ3v) is 3.16. The van der Waals surface area contributed by atoms with Crippen molar-refractivity contribution in [3.63, 3.8) is 0 Å². The lowest BCUT2D eigenvalue weighted by Gasteiger charge is -2.23. The van der Waals surface area contributed by atoms with Crippen molar-refractivity contribution in [3.8, 4) is 5.75 Å². The van der Waals surface area contributed by atoms with Gasteiger partial charge in [-0.2, -0.15) is 0 Å². The van der Waals surface area contributed by atoms with Crippen LogP contribution in [0.5, 0.6) is 5.75 Å².